The van der Waals surface area contributed by atoms with Gasteiger partial charge in [0.2, 0.25) is 0 Å². The summed E-state index contributed by atoms with van der Waals surface area (Å²) in [7, 11) is 1.64. The van der Waals surface area contributed by atoms with Crippen molar-refractivity contribution in [2.75, 3.05) is 5.43 Å². The first-order chi connectivity index (χ1) is 10.1. The van der Waals surface area contributed by atoms with Gasteiger partial charge in [-0.25, -0.2) is 0 Å². The summed E-state index contributed by atoms with van der Waals surface area (Å²) in [6, 6.07) is 8.50. The van der Waals surface area contributed by atoms with Crippen LogP contribution in [0.15, 0.2) is 41.3 Å². The molecule has 106 valence electrons. The average Bonchev–Trinajstić information content (AvgIpc) is 2.89. The number of amides is 1. The third kappa shape index (κ3) is 2.25. The van der Waals surface area contributed by atoms with Crippen molar-refractivity contribution in [3.05, 3.63) is 57.3 Å². The van der Waals surface area contributed by atoms with Gasteiger partial charge in [0.25, 0.3) is 11.5 Å². The molecule has 2 heterocycles. The van der Waals surface area contributed by atoms with Crippen LogP contribution in [0.1, 0.15) is 10.5 Å². The van der Waals surface area contributed by atoms with E-state index < -0.39 is 5.91 Å². The van der Waals surface area contributed by atoms with Gasteiger partial charge < -0.3 is 4.98 Å². The van der Waals surface area contributed by atoms with Gasteiger partial charge in [-0.2, -0.15) is 9.77 Å². The molecule has 2 aromatic heterocycles. The Labute approximate surface area is 123 Å². The molecule has 0 unspecified atom stereocenters. The highest BCUT2D eigenvalue weighted by molar-refractivity contribution is 7.71. The summed E-state index contributed by atoms with van der Waals surface area (Å²) in [6.45, 7) is 0. The number of fused-ring (bicyclic) bond motifs is 1. The summed E-state index contributed by atoms with van der Waals surface area (Å²) in [5, 5.41) is 4.35. The van der Waals surface area contributed by atoms with Crippen LogP contribution in [0, 0.1) is 4.77 Å². The van der Waals surface area contributed by atoms with Crippen LogP contribution in [-0.2, 0) is 7.05 Å². The fraction of sp³-hybridized carbons (Fsp3) is 0.0769. The number of carbonyl (C=O) groups is 1. The second-order valence-corrected chi connectivity index (χ2v) is 4.78. The molecule has 8 heteroatoms. The number of aromatic amines is 1. The van der Waals surface area contributed by atoms with Crippen LogP contribution in [-0.4, -0.2) is 25.3 Å². The molecule has 0 fully saturated rings. The molecule has 0 radical (unpaired) electrons. The highest BCUT2D eigenvalue weighted by Crippen LogP contribution is 2.05. The van der Waals surface area contributed by atoms with Crippen LogP contribution in [0.25, 0.3) is 10.9 Å². The van der Waals surface area contributed by atoms with Gasteiger partial charge in [-0.1, -0.05) is 12.1 Å². The van der Waals surface area contributed by atoms with E-state index >= 15 is 0 Å². The lowest BCUT2D eigenvalue weighted by Crippen LogP contribution is -2.35. The molecular weight excluding hydrogens is 290 g/mol. The Balaban J connectivity index is 2.09. The van der Waals surface area contributed by atoms with E-state index in [2.05, 4.69) is 15.5 Å². The van der Waals surface area contributed by atoms with Gasteiger partial charge in [0.05, 0.1) is 10.9 Å². The smallest absolute Gasteiger partial charge is 0.288 e. The molecule has 1 aromatic carbocycles. The monoisotopic (exact) mass is 301 g/mol. The summed E-state index contributed by atoms with van der Waals surface area (Å²) in [5.74, 6) is -0.466. The van der Waals surface area contributed by atoms with Crippen LogP contribution in [0.3, 0.4) is 0 Å². The van der Waals surface area contributed by atoms with Crippen molar-refractivity contribution in [2.24, 2.45) is 7.05 Å². The van der Waals surface area contributed by atoms with E-state index in [0.29, 0.717) is 16.6 Å². The number of aromatic nitrogens is 4. The fourth-order valence-electron chi connectivity index (χ4n) is 2.02. The highest BCUT2D eigenvalue weighted by atomic mass is 32.1. The van der Waals surface area contributed by atoms with Gasteiger partial charge >= 0.3 is 0 Å². The first-order valence-corrected chi connectivity index (χ1v) is 6.52. The standard InChI is InChI=1S/C13H11N5O2S/c1-17-10(6-7-14-17)11(19)16-18-12(20)8-4-2-3-5-9(8)15-13(18)21/h2-7H,1H3,(H,15,21)(H,16,19). The molecule has 3 aromatic rings. The van der Waals surface area contributed by atoms with Crippen LogP contribution in [0.4, 0.5) is 0 Å². The third-order valence-electron chi connectivity index (χ3n) is 3.07. The third-order valence-corrected chi connectivity index (χ3v) is 3.36. The molecule has 0 bridgehead atoms. The minimum Gasteiger partial charge on any atom is -0.330 e. The fourth-order valence-corrected chi connectivity index (χ4v) is 2.26. The topological polar surface area (TPSA) is 84.7 Å². The lowest BCUT2D eigenvalue weighted by Gasteiger charge is -2.09. The zero-order chi connectivity index (χ0) is 15.0. The maximum atomic E-state index is 12.4. The Hall–Kier alpha value is -2.74. The zero-order valence-electron chi connectivity index (χ0n) is 11.0. The number of hydrogen-bond acceptors (Lipinski definition) is 4. The van der Waals surface area contributed by atoms with Gasteiger partial charge in [-0.15, -0.1) is 0 Å². The largest absolute Gasteiger partial charge is 0.330 e. The minimum atomic E-state index is -0.466. The first kappa shape index (κ1) is 13.3. The van der Waals surface area contributed by atoms with Crippen molar-refractivity contribution < 1.29 is 4.79 Å². The number of para-hydroxylation sites is 1. The Bertz CT molecular complexity index is 953. The summed E-state index contributed by atoms with van der Waals surface area (Å²) in [5.41, 5.74) is 3.05. The Morgan fingerprint density at radius 3 is 2.81 bits per heavy atom. The van der Waals surface area contributed by atoms with Crippen LogP contribution < -0.4 is 11.0 Å². The van der Waals surface area contributed by atoms with E-state index in [9.17, 15) is 9.59 Å². The SMILES string of the molecule is Cn1nccc1C(=O)Nn1c(=S)[nH]c2ccccc2c1=O. The zero-order valence-corrected chi connectivity index (χ0v) is 11.8. The number of nitrogens with zero attached hydrogens (tertiary/aromatic N) is 3. The molecule has 21 heavy (non-hydrogen) atoms. The molecule has 3 rings (SSSR count). The number of carbonyl (C=O) groups excluding carboxylic acids is 1. The van der Waals surface area contributed by atoms with Gasteiger partial charge in [0.1, 0.15) is 5.69 Å². The predicted octanol–water partition coefficient (Wildman–Crippen LogP) is 1.18. The molecule has 0 saturated heterocycles. The molecule has 7 nitrogen and oxygen atoms in total. The van der Waals surface area contributed by atoms with Crippen molar-refractivity contribution in [1.82, 2.24) is 19.4 Å². The second kappa shape index (κ2) is 4.98. The number of aryl methyl sites for hydroxylation is 1. The van der Waals surface area contributed by atoms with Crippen molar-refractivity contribution in [1.29, 1.82) is 0 Å². The summed E-state index contributed by atoms with van der Waals surface area (Å²) in [6.07, 6.45) is 1.50. The number of benzene rings is 1. The molecule has 0 aliphatic rings. The van der Waals surface area contributed by atoms with Crippen LogP contribution in [0.2, 0.25) is 0 Å². The summed E-state index contributed by atoms with van der Waals surface area (Å²) >= 11 is 5.12. The van der Waals surface area contributed by atoms with E-state index in [0.717, 1.165) is 4.68 Å². The van der Waals surface area contributed by atoms with E-state index in [1.54, 1.807) is 37.4 Å². The van der Waals surface area contributed by atoms with Gasteiger partial charge in [0.15, 0.2) is 4.77 Å². The minimum absolute atomic E-state index is 0.120. The quantitative estimate of drug-likeness (QED) is 0.696. The molecule has 0 aliphatic carbocycles. The van der Waals surface area contributed by atoms with E-state index in [-0.39, 0.29) is 10.3 Å². The van der Waals surface area contributed by atoms with Gasteiger partial charge in [0, 0.05) is 13.2 Å². The molecular formula is C13H11N5O2S. The second-order valence-electron chi connectivity index (χ2n) is 4.40. The lowest BCUT2D eigenvalue weighted by atomic mass is 10.2. The molecule has 0 spiro atoms. The molecule has 0 aliphatic heterocycles. The normalized spacial score (nSPS) is 10.7. The number of H-pyrrole nitrogens is 1. The molecule has 0 saturated carbocycles. The lowest BCUT2D eigenvalue weighted by molar-refractivity contribution is 0.0997. The van der Waals surface area contributed by atoms with Crippen molar-refractivity contribution in [2.45, 2.75) is 0 Å². The summed E-state index contributed by atoms with van der Waals surface area (Å²) in [4.78, 5) is 27.4. The Kier molecular flexibility index (Phi) is 3.15. The maximum absolute atomic E-state index is 12.4. The van der Waals surface area contributed by atoms with E-state index in [1.165, 1.54) is 10.9 Å². The van der Waals surface area contributed by atoms with Crippen molar-refractivity contribution in [3.8, 4) is 0 Å². The number of rotatable bonds is 2. The van der Waals surface area contributed by atoms with Crippen molar-refractivity contribution in [3.63, 3.8) is 0 Å². The Morgan fingerprint density at radius 1 is 1.33 bits per heavy atom. The van der Waals surface area contributed by atoms with Gasteiger partial charge in [-0.05, 0) is 30.4 Å². The Morgan fingerprint density at radius 2 is 2.10 bits per heavy atom. The maximum Gasteiger partial charge on any atom is 0.288 e. The highest BCUT2D eigenvalue weighted by Gasteiger charge is 2.12. The summed E-state index contributed by atoms with van der Waals surface area (Å²) < 4.78 is 2.55. The average molecular weight is 301 g/mol. The van der Waals surface area contributed by atoms with E-state index in [4.69, 9.17) is 12.2 Å². The first-order valence-electron chi connectivity index (χ1n) is 6.11. The number of hydrogen-bond donors (Lipinski definition) is 2. The van der Waals surface area contributed by atoms with Crippen LogP contribution >= 0.6 is 12.2 Å². The van der Waals surface area contributed by atoms with Crippen molar-refractivity contribution >= 4 is 29.0 Å². The molecule has 1 amide bonds. The molecule has 2 N–H and O–H groups in total. The molecule has 0 atom stereocenters. The van der Waals surface area contributed by atoms with E-state index in [1.807, 2.05) is 0 Å². The predicted molar refractivity (Wildman–Crippen MR) is 80.3 cm³/mol. The van der Waals surface area contributed by atoms with Gasteiger partial charge in [-0.3, -0.25) is 19.7 Å². The van der Waals surface area contributed by atoms with Crippen LogP contribution in [0.5, 0.6) is 0 Å². The number of nitrogens with one attached hydrogen (secondary N) is 2.